The third-order valence-corrected chi connectivity index (χ3v) is 4.91. The van der Waals surface area contributed by atoms with Crippen molar-refractivity contribution in [2.45, 2.75) is 44.8 Å². The normalized spacial score (nSPS) is 23.5. The van der Waals surface area contributed by atoms with Gasteiger partial charge in [-0.1, -0.05) is 0 Å². The monoisotopic (exact) mass is 421 g/mol. The number of hydrogen-bond donors (Lipinski definition) is 5. The van der Waals surface area contributed by atoms with E-state index in [2.05, 4.69) is 5.48 Å². The van der Waals surface area contributed by atoms with Crippen molar-refractivity contribution < 1.29 is 29.7 Å². The number of hydroxylamine groups is 1. The molecule has 1 fully saturated rings. The van der Waals surface area contributed by atoms with Crippen LogP contribution in [0.25, 0.3) is 0 Å². The van der Waals surface area contributed by atoms with Crippen molar-refractivity contribution in [2.24, 2.45) is 0 Å². The number of amides is 1. The van der Waals surface area contributed by atoms with Crippen LogP contribution >= 0.6 is 0 Å². The van der Waals surface area contributed by atoms with Crippen LogP contribution in [-0.4, -0.2) is 55.7 Å². The maximum absolute atomic E-state index is 12.2. The van der Waals surface area contributed by atoms with E-state index < -0.39 is 41.7 Å². The molecule has 0 radical (unpaired) electrons. The molecule has 0 spiro atoms. The van der Waals surface area contributed by atoms with Gasteiger partial charge in [0.15, 0.2) is 6.23 Å². The number of benzene rings is 1. The smallest absolute Gasteiger partial charge is 0.330 e. The highest BCUT2D eigenvalue weighted by Crippen LogP contribution is 2.28. The number of aromatic hydroxyl groups is 1. The maximum atomic E-state index is 12.2. The number of nitrogens with one attached hydrogen (secondary N) is 2. The molecule has 162 valence electrons. The lowest BCUT2D eigenvalue weighted by Gasteiger charge is -2.16. The summed E-state index contributed by atoms with van der Waals surface area (Å²) < 4.78 is 6.43. The highest BCUT2D eigenvalue weighted by atomic mass is 16.7. The summed E-state index contributed by atoms with van der Waals surface area (Å²) in [6.07, 6.45) is -3.91. The van der Waals surface area contributed by atoms with E-state index in [9.17, 15) is 29.7 Å². The summed E-state index contributed by atoms with van der Waals surface area (Å²) in [6, 6.07) is 4.19. The van der Waals surface area contributed by atoms with Gasteiger partial charge in [-0.15, -0.1) is 0 Å². The molecule has 2 heterocycles. The lowest BCUT2D eigenvalue weighted by Crippen LogP contribution is -2.38. The Morgan fingerprint density at radius 3 is 2.53 bits per heavy atom. The number of hydrogen-bond acceptors (Lipinski definition) is 8. The van der Waals surface area contributed by atoms with E-state index in [4.69, 9.17) is 9.57 Å². The van der Waals surface area contributed by atoms with Crippen LogP contribution in [0.4, 0.5) is 0 Å². The summed E-state index contributed by atoms with van der Waals surface area (Å²) >= 11 is 0. The van der Waals surface area contributed by atoms with Gasteiger partial charge in [0, 0.05) is 12.3 Å². The van der Waals surface area contributed by atoms with E-state index >= 15 is 0 Å². The molecule has 11 nitrogen and oxygen atoms in total. The molecule has 0 aliphatic carbocycles. The number of phenols is 1. The number of carbonyl (C=O) groups excluding carboxylic acids is 1. The highest BCUT2D eigenvalue weighted by Gasteiger charge is 2.44. The van der Waals surface area contributed by atoms with E-state index in [-0.39, 0.29) is 18.8 Å². The summed E-state index contributed by atoms with van der Waals surface area (Å²) in [7, 11) is 0. The number of aliphatic hydroxyl groups is 2. The number of aryl methyl sites for hydroxylation is 2. The second-order valence-electron chi connectivity index (χ2n) is 7.13. The van der Waals surface area contributed by atoms with Gasteiger partial charge in [0.1, 0.15) is 30.7 Å². The van der Waals surface area contributed by atoms with Crippen LogP contribution in [0.2, 0.25) is 0 Å². The van der Waals surface area contributed by atoms with E-state index in [1.54, 1.807) is 26.0 Å². The lowest BCUT2D eigenvalue weighted by atomic mass is 9.99. The van der Waals surface area contributed by atoms with E-state index in [1.165, 1.54) is 0 Å². The van der Waals surface area contributed by atoms with Crippen molar-refractivity contribution in [1.82, 2.24) is 15.0 Å². The van der Waals surface area contributed by atoms with Crippen LogP contribution in [0.1, 0.15) is 22.9 Å². The Morgan fingerprint density at radius 1 is 1.23 bits per heavy atom. The topological polar surface area (TPSA) is 163 Å². The Hall–Kier alpha value is -2.99. The van der Waals surface area contributed by atoms with Crippen molar-refractivity contribution in [1.29, 1.82) is 0 Å². The fourth-order valence-corrected chi connectivity index (χ4v) is 3.37. The fourth-order valence-electron chi connectivity index (χ4n) is 3.37. The number of nitrogens with zero attached hydrogens (tertiary/aromatic N) is 1. The summed E-state index contributed by atoms with van der Waals surface area (Å²) in [5, 5.41) is 29.9. The highest BCUT2D eigenvalue weighted by molar-refractivity contribution is 5.78. The van der Waals surface area contributed by atoms with Crippen molar-refractivity contribution in [3.63, 3.8) is 0 Å². The molecule has 1 saturated heterocycles. The second kappa shape index (κ2) is 8.79. The van der Waals surface area contributed by atoms with Gasteiger partial charge in [-0.2, -0.15) is 0 Å². The molecule has 1 aromatic heterocycles. The molecule has 11 heteroatoms. The molecule has 3 rings (SSSR count). The number of aromatic nitrogens is 2. The largest absolute Gasteiger partial charge is 0.508 e. The van der Waals surface area contributed by atoms with E-state index in [1.807, 2.05) is 4.98 Å². The SMILES string of the molecule is Cc1cc(O)cc(C)c1CC(=O)NOC[C@H]1O[C@@H](n2ccc(=O)[nH]c2=O)[C@H](O)[C@@H]1O. The zero-order chi connectivity index (χ0) is 22.0. The summed E-state index contributed by atoms with van der Waals surface area (Å²) in [5.41, 5.74) is 3.11. The molecular formula is C19H23N3O8. The third kappa shape index (κ3) is 4.60. The predicted molar refractivity (Wildman–Crippen MR) is 103 cm³/mol. The van der Waals surface area contributed by atoms with Gasteiger partial charge < -0.3 is 20.1 Å². The quantitative estimate of drug-likeness (QED) is 0.362. The first kappa shape index (κ1) is 21.7. The average molecular weight is 421 g/mol. The Labute approximate surface area is 170 Å². The van der Waals surface area contributed by atoms with Gasteiger partial charge in [-0.3, -0.25) is 24.0 Å². The van der Waals surface area contributed by atoms with Gasteiger partial charge in [-0.05, 0) is 42.7 Å². The molecule has 1 aliphatic heterocycles. The Morgan fingerprint density at radius 2 is 1.90 bits per heavy atom. The number of aromatic amines is 1. The maximum Gasteiger partial charge on any atom is 0.330 e. The number of phenolic OH excluding ortho intramolecular Hbond substituents is 1. The zero-order valence-electron chi connectivity index (χ0n) is 16.4. The van der Waals surface area contributed by atoms with Crippen LogP contribution in [0, 0.1) is 13.8 Å². The van der Waals surface area contributed by atoms with Crippen molar-refractivity contribution in [3.05, 3.63) is 61.9 Å². The fraction of sp³-hybridized carbons (Fsp3) is 0.421. The number of rotatable bonds is 6. The zero-order valence-corrected chi connectivity index (χ0v) is 16.4. The van der Waals surface area contributed by atoms with Crippen molar-refractivity contribution >= 4 is 5.91 Å². The Bertz CT molecular complexity index is 1020. The Balaban J connectivity index is 1.57. The number of aliphatic hydroxyl groups excluding tert-OH is 2. The summed E-state index contributed by atoms with van der Waals surface area (Å²) in [4.78, 5) is 42.3. The first-order valence-electron chi connectivity index (χ1n) is 9.20. The van der Waals surface area contributed by atoms with Crippen LogP contribution in [0.15, 0.2) is 34.0 Å². The molecule has 2 aromatic rings. The van der Waals surface area contributed by atoms with Crippen LogP contribution in [0.3, 0.4) is 0 Å². The van der Waals surface area contributed by atoms with Gasteiger partial charge >= 0.3 is 5.69 Å². The molecular weight excluding hydrogens is 398 g/mol. The minimum atomic E-state index is -1.44. The molecule has 1 amide bonds. The van der Waals surface area contributed by atoms with E-state index in [0.29, 0.717) is 0 Å². The first-order chi connectivity index (χ1) is 14.2. The number of carbonyl (C=O) groups is 1. The molecule has 30 heavy (non-hydrogen) atoms. The minimum absolute atomic E-state index is 0.0179. The molecule has 1 aliphatic rings. The minimum Gasteiger partial charge on any atom is -0.508 e. The molecule has 1 aromatic carbocycles. The van der Waals surface area contributed by atoms with Gasteiger partial charge in [0.05, 0.1) is 6.42 Å². The average Bonchev–Trinajstić information content (AvgIpc) is 2.93. The number of ether oxygens (including phenoxy) is 1. The molecule has 0 bridgehead atoms. The van der Waals surface area contributed by atoms with Crippen molar-refractivity contribution in [3.8, 4) is 5.75 Å². The third-order valence-electron chi connectivity index (χ3n) is 4.91. The summed E-state index contributed by atoms with van der Waals surface area (Å²) in [5.74, 6) is -0.333. The van der Waals surface area contributed by atoms with Gasteiger partial charge in [-0.25, -0.2) is 10.3 Å². The first-order valence-corrected chi connectivity index (χ1v) is 9.20. The molecule has 4 atom stereocenters. The van der Waals surface area contributed by atoms with Crippen molar-refractivity contribution in [2.75, 3.05) is 6.61 Å². The van der Waals surface area contributed by atoms with Crippen LogP contribution in [0.5, 0.6) is 5.75 Å². The standard InChI is InChI=1S/C19H23N3O8/c1-9-5-11(23)6-10(2)12(9)7-15(25)21-29-8-13-16(26)17(27)18(30-13)22-4-3-14(24)20-19(22)28/h3-6,13,16-18,23,26-27H,7-8H2,1-2H3,(H,21,25)(H,20,24,28)/t13-,16-,17-,18-/m1/s1. The lowest BCUT2D eigenvalue weighted by molar-refractivity contribution is -0.139. The van der Waals surface area contributed by atoms with Gasteiger partial charge in [0.25, 0.3) is 5.56 Å². The molecule has 5 N–H and O–H groups in total. The molecule has 0 saturated carbocycles. The predicted octanol–water partition coefficient (Wildman–Crippen LogP) is -1.23. The van der Waals surface area contributed by atoms with Crippen LogP contribution < -0.4 is 16.7 Å². The number of H-pyrrole nitrogens is 1. The van der Waals surface area contributed by atoms with E-state index in [0.717, 1.165) is 33.5 Å². The summed E-state index contributed by atoms with van der Waals surface area (Å²) in [6.45, 7) is 3.27. The molecule has 0 unspecified atom stereocenters. The van der Waals surface area contributed by atoms with Gasteiger partial charge in [0.2, 0.25) is 5.91 Å². The Kier molecular flexibility index (Phi) is 6.37. The second-order valence-corrected chi connectivity index (χ2v) is 7.13. The van der Waals surface area contributed by atoms with Crippen LogP contribution in [-0.2, 0) is 20.8 Å².